The Morgan fingerprint density at radius 1 is 1.23 bits per heavy atom. The van der Waals surface area contributed by atoms with Gasteiger partial charge in [-0.05, 0) is 55.7 Å². The van der Waals surface area contributed by atoms with Gasteiger partial charge in [-0.25, -0.2) is 4.68 Å². The highest BCUT2D eigenvalue weighted by atomic mass is 35.5. The van der Waals surface area contributed by atoms with Crippen LogP contribution in [0.1, 0.15) is 50.8 Å². The number of ketones is 1. The van der Waals surface area contributed by atoms with Gasteiger partial charge in [0.05, 0.1) is 7.11 Å². The number of allylic oxidation sites excluding steroid dienone is 2. The Balaban J connectivity index is 1.66. The minimum Gasteiger partial charge on any atom is -0.493 e. The molecule has 1 aliphatic rings. The first-order chi connectivity index (χ1) is 16.9. The van der Waals surface area contributed by atoms with E-state index in [-0.39, 0.29) is 5.78 Å². The van der Waals surface area contributed by atoms with Crippen LogP contribution in [0.2, 0.25) is 5.02 Å². The van der Waals surface area contributed by atoms with Gasteiger partial charge in [-0.2, -0.15) is 4.98 Å². The molecule has 0 saturated heterocycles. The van der Waals surface area contributed by atoms with Crippen LogP contribution in [0.25, 0.3) is 0 Å². The number of Topliss-reactive ketones (excluding diaryl/α,β-unsaturated/α-hetero) is 1. The van der Waals surface area contributed by atoms with Crippen molar-refractivity contribution >= 4 is 35.1 Å². The van der Waals surface area contributed by atoms with Crippen LogP contribution in [0.15, 0.2) is 58.9 Å². The van der Waals surface area contributed by atoms with Gasteiger partial charge in [0.15, 0.2) is 17.3 Å². The average molecular weight is 513 g/mol. The first-order valence-corrected chi connectivity index (χ1v) is 12.9. The topological polar surface area (TPSA) is 78.3 Å². The highest BCUT2D eigenvalue weighted by molar-refractivity contribution is 7.99. The molecule has 0 bridgehead atoms. The second-order valence-corrected chi connectivity index (χ2v) is 9.81. The van der Waals surface area contributed by atoms with Gasteiger partial charge < -0.3 is 14.8 Å². The summed E-state index contributed by atoms with van der Waals surface area (Å²) >= 11 is 7.71. The van der Waals surface area contributed by atoms with E-state index in [9.17, 15) is 4.79 Å². The van der Waals surface area contributed by atoms with Crippen LogP contribution >= 0.6 is 23.4 Å². The molecule has 1 unspecified atom stereocenters. The lowest BCUT2D eigenvalue weighted by Crippen LogP contribution is -2.27. The standard InChI is InChI=1S/C26H29ClN4O3S/c1-5-6-12-35-26-29-25-28-16(2)23(17(3)32)24(31(25)30-26)19-10-11-21(22(14-19)33-4)34-15-18-8-7-9-20(27)13-18/h7-11,13-14,24H,5-6,12,15H2,1-4H3,(H,28,29,30). The Bertz CT molecular complexity index is 1260. The molecule has 0 aliphatic carbocycles. The Morgan fingerprint density at radius 3 is 2.77 bits per heavy atom. The zero-order valence-corrected chi connectivity index (χ0v) is 21.9. The van der Waals surface area contributed by atoms with E-state index in [1.54, 1.807) is 30.5 Å². The average Bonchev–Trinajstić information content (AvgIpc) is 3.24. The fourth-order valence-corrected chi connectivity index (χ4v) is 5.15. The number of ether oxygens (including phenoxy) is 2. The number of unbranched alkanes of at least 4 members (excludes halogenated alkanes) is 1. The van der Waals surface area contributed by atoms with Gasteiger partial charge >= 0.3 is 0 Å². The van der Waals surface area contributed by atoms with Gasteiger partial charge in [0.25, 0.3) is 0 Å². The summed E-state index contributed by atoms with van der Waals surface area (Å²) in [6, 6.07) is 12.8. The molecule has 0 fully saturated rings. The number of rotatable bonds is 10. The number of carbonyl (C=O) groups excluding carboxylic acids is 1. The molecule has 4 rings (SSSR count). The van der Waals surface area contributed by atoms with E-state index in [2.05, 4.69) is 17.2 Å². The predicted molar refractivity (Wildman–Crippen MR) is 140 cm³/mol. The van der Waals surface area contributed by atoms with E-state index in [0.717, 1.165) is 35.4 Å². The third-order valence-electron chi connectivity index (χ3n) is 5.73. The summed E-state index contributed by atoms with van der Waals surface area (Å²) in [5, 5.41) is 9.35. The maximum absolute atomic E-state index is 12.7. The van der Waals surface area contributed by atoms with Crippen molar-refractivity contribution in [1.29, 1.82) is 0 Å². The number of anilines is 1. The number of thioether (sulfide) groups is 1. The number of carbonyl (C=O) groups is 1. The zero-order valence-electron chi connectivity index (χ0n) is 20.3. The van der Waals surface area contributed by atoms with Gasteiger partial charge in [0.1, 0.15) is 12.6 Å². The molecular weight excluding hydrogens is 484 g/mol. The molecule has 1 aromatic heterocycles. The summed E-state index contributed by atoms with van der Waals surface area (Å²) in [6.07, 6.45) is 2.21. The molecule has 0 spiro atoms. The first-order valence-electron chi connectivity index (χ1n) is 11.5. The lowest BCUT2D eigenvalue weighted by Gasteiger charge is -2.28. The minimum absolute atomic E-state index is 0.0263. The van der Waals surface area contributed by atoms with E-state index in [0.29, 0.717) is 39.8 Å². The van der Waals surface area contributed by atoms with E-state index in [4.69, 9.17) is 26.2 Å². The third-order valence-corrected chi connectivity index (χ3v) is 6.89. The molecule has 3 aromatic rings. The molecule has 7 nitrogen and oxygen atoms in total. The first kappa shape index (κ1) is 25.1. The molecule has 1 atom stereocenters. The smallest absolute Gasteiger partial charge is 0.227 e. The summed E-state index contributed by atoms with van der Waals surface area (Å²) in [6.45, 7) is 5.98. The molecule has 9 heteroatoms. The Morgan fingerprint density at radius 2 is 2.06 bits per heavy atom. The van der Waals surface area contributed by atoms with Crippen molar-refractivity contribution in [2.45, 2.75) is 51.4 Å². The number of methoxy groups -OCH3 is 1. The second kappa shape index (κ2) is 11.2. The molecule has 35 heavy (non-hydrogen) atoms. The number of fused-ring (bicyclic) bond motifs is 1. The van der Waals surface area contributed by atoms with E-state index >= 15 is 0 Å². The van der Waals surface area contributed by atoms with Crippen molar-refractivity contribution in [3.63, 3.8) is 0 Å². The van der Waals surface area contributed by atoms with Crippen molar-refractivity contribution < 1.29 is 14.3 Å². The van der Waals surface area contributed by atoms with Crippen molar-refractivity contribution in [3.8, 4) is 11.5 Å². The van der Waals surface area contributed by atoms with Crippen LogP contribution in [-0.4, -0.2) is 33.4 Å². The number of hydrogen-bond donors (Lipinski definition) is 1. The van der Waals surface area contributed by atoms with Gasteiger partial charge in [-0.3, -0.25) is 4.79 Å². The fraction of sp³-hybridized carbons (Fsp3) is 0.346. The van der Waals surface area contributed by atoms with Crippen LogP contribution < -0.4 is 14.8 Å². The Kier molecular flexibility index (Phi) is 8.03. The van der Waals surface area contributed by atoms with Crippen molar-refractivity contribution in [3.05, 3.63) is 69.9 Å². The summed E-state index contributed by atoms with van der Waals surface area (Å²) in [5.74, 6) is 2.72. The van der Waals surface area contributed by atoms with Gasteiger partial charge in [0, 0.05) is 22.0 Å². The summed E-state index contributed by atoms with van der Waals surface area (Å²) < 4.78 is 13.5. The quantitative estimate of drug-likeness (QED) is 0.252. The number of hydrogen-bond acceptors (Lipinski definition) is 7. The highest BCUT2D eigenvalue weighted by Crippen LogP contribution is 2.39. The molecule has 0 radical (unpaired) electrons. The van der Waals surface area contributed by atoms with Crippen LogP contribution in [0.3, 0.4) is 0 Å². The fourth-order valence-electron chi connectivity index (χ4n) is 4.03. The van der Waals surface area contributed by atoms with E-state index in [1.165, 1.54) is 0 Å². The molecule has 2 heterocycles. The molecule has 2 aromatic carbocycles. The molecular formula is C26H29ClN4O3S. The zero-order chi connectivity index (χ0) is 24.9. The van der Waals surface area contributed by atoms with Crippen LogP contribution in [0.4, 0.5) is 5.95 Å². The van der Waals surface area contributed by atoms with Crippen LogP contribution in [0.5, 0.6) is 11.5 Å². The predicted octanol–water partition coefficient (Wildman–Crippen LogP) is 6.29. The third kappa shape index (κ3) is 5.65. The summed E-state index contributed by atoms with van der Waals surface area (Å²) in [4.78, 5) is 17.4. The van der Waals surface area contributed by atoms with Crippen LogP contribution in [0, 0.1) is 0 Å². The second-order valence-electron chi connectivity index (χ2n) is 8.32. The number of nitrogens with one attached hydrogen (secondary N) is 1. The molecule has 0 saturated carbocycles. The van der Waals surface area contributed by atoms with Crippen LogP contribution in [-0.2, 0) is 11.4 Å². The molecule has 184 valence electrons. The normalized spacial score (nSPS) is 14.9. The monoisotopic (exact) mass is 512 g/mol. The van der Waals surface area contributed by atoms with Crippen molar-refractivity contribution in [1.82, 2.24) is 14.8 Å². The maximum atomic E-state index is 12.7. The molecule has 0 amide bonds. The highest BCUT2D eigenvalue weighted by Gasteiger charge is 2.33. The molecule has 1 N–H and O–H groups in total. The Hall–Kier alpha value is -2.97. The SMILES string of the molecule is CCCCSc1nc2n(n1)C(c1ccc(OCc3cccc(Cl)c3)c(OC)c1)C(C(C)=O)=C(C)N2. The lowest BCUT2D eigenvalue weighted by atomic mass is 9.93. The van der Waals surface area contributed by atoms with Gasteiger partial charge in [-0.1, -0.05) is 54.9 Å². The number of nitrogens with zero attached hydrogens (tertiary/aromatic N) is 3. The maximum Gasteiger partial charge on any atom is 0.227 e. The summed E-state index contributed by atoms with van der Waals surface area (Å²) in [5.41, 5.74) is 3.23. The number of aromatic nitrogens is 3. The van der Waals surface area contributed by atoms with Gasteiger partial charge in [0.2, 0.25) is 11.1 Å². The van der Waals surface area contributed by atoms with Crippen molar-refractivity contribution in [2.75, 3.05) is 18.2 Å². The van der Waals surface area contributed by atoms with Gasteiger partial charge in [-0.15, -0.1) is 5.10 Å². The van der Waals surface area contributed by atoms with E-state index < -0.39 is 6.04 Å². The molecule has 1 aliphatic heterocycles. The minimum atomic E-state index is -0.423. The number of benzene rings is 2. The van der Waals surface area contributed by atoms with Crippen molar-refractivity contribution in [2.24, 2.45) is 0 Å². The lowest BCUT2D eigenvalue weighted by molar-refractivity contribution is -0.114. The largest absolute Gasteiger partial charge is 0.493 e. The summed E-state index contributed by atoms with van der Waals surface area (Å²) in [7, 11) is 1.60. The Labute approximate surface area is 214 Å². The van der Waals surface area contributed by atoms with E-state index in [1.807, 2.05) is 49.4 Å². The number of halogens is 1.